The minimum absolute atomic E-state index is 0.263. The molecule has 0 aliphatic carbocycles. The van der Waals surface area contributed by atoms with Crippen molar-refractivity contribution >= 4 is 5.69 Å². The van der Waals surface area contributed by atoms with E-state index in [1.165, 1.54) is 0 Å². The fourth-order valence-corrected chi connectivity index (χ4v) is 1.35. The number of hydrogen-bond donors (Lipinski definition) is 2. The summed E-state index contributed by atoms with van der Waals surface area (Å²) in [6.45, 7) is 6.03. The number of hydrogen-bond acceptors (Lipinski definition) is 3. The average Bonchev–Trinajstić information content (AvgIpc) is 2.34. The number of rotatable bonds is 7. The van der Waals surface area contributed by atoms with Crippen molar-refractivity contribution in [2.45, 2.75) is 26.0 Å². The molecule has 90 valence electrons. The van der Waals surface area contributed by atoms with Crippen molar-refractivity contribution < 1.29 is 4.74 Å². The van der Waals surface area contributed by atoms with Gasteiger partial charge in [-0.1, -0.05) is 18.2 Å². The molecule has 2 atom stereocenters. The number of anilines is 1. The molecular weight excluding hydrogens is 200 g/mol. The molecule has 1 rings (SSSR count). The quantitative estimate of drug-likeness (QED) is 0.741. The van der Waals surface area contributed by atoms with Crippen LogP contribution in [0.3, 0.4) is 0 Å². The maximum Gasteiger partial charge on any atom is 0.0667 e. The zero-order valence-corrected chi connectivity index (χ0v) is 10.4. The van der Waals surface area contributed by atoms with E-state index >= 15 is 0 Å². The standard InChI is InChI=1S/C13H22N2O/c1-11(14-10-12(2)16-3)9-15-13-7-5-4-6-8-13/h4-8,11-12,14-15H,9-10H2,1-3H3. The van der Waals surface area contributed by atoms with E-state index in [4.69, 9.17) is 4.74 Å². The van der Waals surface area contributed by atoms with E-state index in [0.29, 0.717) is 6.04 Å². The molecule has 0 saturated heterocycles. The van der Waals surface area contributed by atoms with E-state index in [9.17, 15) is 0 Å². The van der Waals surface area contributed by atoms with Crippen LogP contribution in [-0.2, 0) is 4.74 Å². The molecule has 1 aromatic carbocycles. The maximum absolute atomic E-state index is 5.18. The second-order valence-electron chi connectivity index (χ2n) is 4.10. The number of nitrogens with one attached hydrogen (secondary N) is 2. The SMILES string of the molecule is COC(C)CNC(C)CNc1ccccc1. The van der Waals surface area contributed by atoms with Gasteiger partial charge in [0, 0.05) is 31.9 Å². The van der Waals surface area contributed by atoms with Crippen LogP contribution in [0.4, 0.5) is 5.69 Å². The van der Waals surface area contributed by atoms with Crippen molar-refractivity contribution in [1.29, 1.82) is 0 Å². The zero-order valence-electron chi connectivity index (χ0n) is 10.4. The summed E-state index contributed by atoms with van der Waals surface area (Å²) in [5.41, 5.74) is 1.16. The summed E-state index contributed by atoms with van der Waals surface area (Å²) < 4.78 is 5.18. The van der Waals surface area contributed by atoms with E-state index < -0.39 is 0 Å². The fourth-order valence-electron chi connectivity index (χ4n) is 1.35. The summed E-state index contributed by atoms with van der Waals surface area (Å²) in [4.78, 5) is 0. The lowest BCUT2D eigenvalue weighted by Gasteiger charge is -2.18. The van der Waals surface area contributed by atoms with Gasteiger partial charge in [-0.2, -0.15) is 0 Å². The average molecular weight is 222 g/mol. The Labute approximate surface area is 98.2 Å². The van der Waals surface area contributed by atoms with Gasteiger partial charge < -0.3 is 15.4 Å². The Bertz CT molecular complexity index is 277. The third kappa shape index (κ3) is 5.14. The highest BCUT2D eigenvalue weighted by Gasteiger charge is 2.03. The zero-order chi connectivity index (χ0) is 11.8. The Morgan fingerprint density at radius 3 is 2.44 bits per heavy atom. The predicted octanol–water partition coefficient (Wildman–Crippen LogP) is 2.11. The molecule has 0 saturated carbocycles. The lowest BCUT2D eigenvalue weighted by Crippen LogP contribution is -2.37. The van der Waals surface area contributed by atoms with E-state index in [2.05, 4.69) is 36.6 Å². The Morgan fingerprint density at radius 2 is 1.81 bits per heavy atom. The van der Waals surface area contributed by atoms with E-state index in [1.807, 2.05) is 18.2 Å². The summed E-state index contributed by atoms with van der Waals surface area (Å²) in [5, 5.41) is 6.80. The normalized spacial score (nSPS) is 14.4. The minimum Gasteiger partial charge on any atom is -0.383 e. The Kier molecular flexibility index (Phi) is 5.90. The molecule has 0 aromatic heterocycles. The number of methoxy groups -OCH3 is 1. The topological polar surface area (TPSA) is 33.3 Å². The summed E-state index contributed by atoms with van der Waals surface area (Å²) in [6, 6.07) is 10.7. The van der Waals surface area contributed by atoms with Gasteiger partial charge in [0.25, 0.3) is 0 Å². The molecular formula is C13H22N2O. The summed E-state index contributed by atoms with van der Waals surface area (Å²) >= 11 is 0. The number of benzene rings is 1. The van der Waals surface area contributed by atoms with Crippen LogP contribution in [0.15, 0.2) is 30.3 Å². The molecule has 3 heteroatoms. The smallest absolute Gasteiger partial charge is 0.0667 e. The van der Waals surface area contributed by atoms with Crippen molar-refractivity contribution in [3.05, 3.63) is 30.3 Å². The first-order chi connectivity index (χ1) is 7.72. The van der Waals surface area contributed by atoms with Crippen LogP contribution in [-0.4, -0.2) is 32.3 Å². The third-order valence-electron chi connectivity index (χ3n) is 2.54. The summed E-state index contributed by atoms with van der Waals surface area (Å²) in [7, 11) is 1.74. The van der Waals surface area contributed by atoms with Gasteiger partial charge in [-0.05, 0) is 26.0 Å². The van der Waals surface area contributed by atoms with E-state index in [1.54, 1.807) is 7.11 Å². The molecule has 0 spiro atoms. The second-order valence-corrected chi connectivity index (χ2v) is 4.10. The first kappa shape index (κ1) is 13.0. The highest BCUT2D eigenvalue weighted by molar-refractivity contribution is 5.42. The van der Waals surface area contributed by atoms with Crippen LogP contribution >= 0.6 is 0 Å². The van der Waals surface area contributed by atoms with Crippen LogP contribution in [0, 0.1) is 0 Å². The second kappa shape index (κ2) is 7.25. The van der Waals surface area contributed by atoms with Crippen molar-refractivity contribution in [2.24, 2.45) is 0 Å². The van der Waals surface area contributed by atoms with Crippen LogP contribution in [0.25, 0.3) is 0 Å². The summed E-state index contributed by atoms with van der Waals surface area (Å²) in [5.74, 6) is 0. The molecule has 0 heterocycles. The molecule has 1 aromatic rings. The van der Waals surface area contributed by atoms with E-state index in [0.717, 1.165) is 18.8 Å². The van der Waals surface area contributed by atoms with Gasteiger partial charge in [0.05, 0.1) is 6.10 Å². The molecule has 0 fully saturated rings. The van der Waals surface area contributed by atoms with Crippen molar-refractivity contribution in [2.75, 3.05) is 25.5 Å². The van der Waals surface area contributed by atoms with Crippen LogP contribution in [0.5, 0.6) is 0 Å². The van der Waals surface area contributed by atoms with Gasteiger partial charge in [0.2, 0.25) is 0 Å². The molecule has 0 radical (unpaired) electrons. The molecule has 2 N–H and O–H groups in total. The first-order valence-electron chi connectivity index (χ1n) is 5.77. The lowest BCUT2D eigenvalue weighted by molar-refractivity contribution is 0.115. The van der Waals surface area contributed by atoms with Gasteiger partial charge >= 0.3 is 0 Å². The van der Waals surface area contributed by atoms with Gasteiger partial charge in [0.1, 0.15) is 0 Å². The monoisotopic (exact) mass is 222 g/mol. The molecule has 16 heavy (non-hydrogen) atoms. The van der Waals surface area contributed by atoms with Crippen LogP contribution in [0.1, 0.15) is 13.8 Å². The minimum atomic E-state index is 0.263. The first-order valence-corrected chi connectivity index (χ1v) is 5.77. The fraction of sp³-hybridized carbons (Fsp3) is 0.538. The molecule has 0 aliphatic heterocycles. The molecule has 0 bridgehead atoms. The van der Waals surface area contributed by atoms with Crippen LogP contribution in [0.2, 0.25) is 0 Å². The summed E-state index contributed by atoms with van der Waals surface area (Å²) in [6.07, 6.45) is 0.263. The highest BCUT2D eigenvalue weighted by Crippen LogP contribution is 2.04. The third-order valence-corrected chi connectivity index (χ3v) is 2.54. The van der Waals surface area contributed by atoms with Gasteiger partial charge in [-0.25, -0.2) is 0 Å². The van der Waals surface area contributed by atoms with E-state index in [-0.39, 0.29) is 6.10 Å². The highest BCUT2D eigenvalue weighted by atomic mass is 16.5. The molecule has 0 amide bonds. The largest absolute Gasteiger partial charge is 0.383 e. The van der Waals surface area contributed by atoms with Crippen molar-refractivity contribution in [1.82, 2.24) is 5.32 Å². The Balaban J connectivity index is 2.18. The maximum atomic E-state index is 5.18. The Hall–Kier alpha value is -1.06. The molecule has 2 unspecified atom stereocenters. The molecule has 0 aliphatic rings. The van der Waals surface area contributed by atoms with Gasteiger partial charge in [-0.3, -0.25) is 0 Å². The lowest BCUT2D eigenvalue weighted by atomic mass is 10.2. The Morgan fingerprint density at radius 1 is 1.12 bits per heavy atom. The van der Waals surface area contributed by atoms with Crippen molar-refractivity contribution in [3.8, 4) is 0 Å². The van der Waals surface area contributed by atoms with Gasteiger partial charge in [0.15, 0.2) is 0 Å². The molecule has 3 nitrogen and oxygen atoms in total. The van der Waals surface area contributed by atoms with Crippen molar-refractivity contribution in [3.63, 3.8) is 0 Å². The van der Waals surface area contributed by atoms with Crippen LogP contribution < -0.4 is 10.6 Å². The van der Waals surface area contributed by atoms with Gasteiger partial charge in [-0.15, -0.1) is 0 Å². The number of ether oxygens (including phenoxy) is 1. The number of para-hydroxylation sites is 1. The predicted molar refractivity (Wildman–Crippen MR) is 68.9 cm³/mol.